The summed E-state index contributed by atoms with van der Waals surface area (Å²) in [6, 6.07) is 7.72. The first kappa shape index (κ1) is 12.1. The molecule has 0 spiro atoms. The third-order valence-corrected chi connectivity index (χ3v) is 2.48. The molecule has 1 aromatic rings. The van der Waals surface area contributed by atoms with E-state index in [0.717, 1.165) is 16.9 Å². The molecule has 1 aliphatic heterocycles. The van der Waals surface area contributed by atoms with E-state index in [1.165, 1.54) is 0 Å². The maximum Gasteiger partial charge on any atom is 0.226 e. The first-order chi connectivity index (χ1) is 8.33. The number of aliphatic hydroxyl groups excluding tert-OH is 1. The van der Waals surface area contributed by atoms with E-state index in [1.54, 1.807) is 0 Å². The summed E-state index contributed by atoms with van der Waals surface area (Å²) < 4.78 is 16.2. The predicted molar refractivity (Wildman–Crippen MR) is 63.7 cm³/mol. The largest absolute Gasteiger partial charge is 0.460 e. The van der Waals surface area contributed by atoms with Crippen LogP contribution in [-0.2, 0) is 9.47 Å². The van der Waals surface area contributed by atoms with Crippen LogP contribution in [0.5, 0.6) is 5.75 Å². The normalized spacial score (nSPS) is 17.9. The fourth-order valence-electron chi connectivity index (χ4n) is 1.66. The van der Waals surface area contributed by atoms with Crippen LogP contribution in [0.4, 0.5) is 0 Å². The van der Waals surface area contributed by atoms with Crippen LogP contribution in [0.1, 0.15) is 5.56 Å². The van der Waals surface area contributed by atoms with Crippen molar-refractivity contribution >= 4 is 5.57 Å². The number of ether oxygens (including phenoxy) is 3. The van der Waals surface area contributed by atoms with Crippen LogP contribution in [0, 0.1) is 0 Å². The van der Waals surface area contributed by atoms with Gasteiger partial charge >= 0.3 is 0 Å². The Balaban J connectivity index is 1.80. The molecule has 0 fully saturated rings. The lowest BCUT2D eigenvalue weighted by Gasteiger charge is -2.12. The monoisotopic (exact) mass is 236 g/mol. The van der Waals surface area contributed by atoms with Crippen molar-refractivity contribution in [1.29, 1.82) is 0 Å². The van der Waals surface area contributed by atoms with Crippen LogP contribution >= 0.6 is 0 Å². The number of hydrogen-bond donors (Lipinski definition) is 1. The molecule has 1 aliphatic rings. The molecule has 0 bridgehead atoms. The maximum atomic E-state index is 8.53. The zero-order chi connectivity index (χ0) is 12.1. The third-order valence-electron chi connectivity index (χ3n) is 2.48. The lowest BCUT2D eigenvalue weighted by molar-refractivity contribution is -0.0554. The number of aliphatic hydroxyl groups is 1. The van der Waals surface area contributed by atoms with Gasteiger partial charge in [0, 0.05) is 11.1 Å². The second-order valence-corrected chi connectivity index (χ2v) is 3.68. The molecule has 1 aromatic carbocycles. The fourth-order valence-corrected chi connectivity index (χ4v) is 1.66. The molecular formula is C13H16O4. The van der Waals surface area contributed by atoms with E-state index in [1.807, 2.05) is 24.3 Å². The summed E-state index contributed by atoms with van der Waals surface area (Å²) in [5.74, 6) is 0.804. The highest BCUT2D eigenvalue weighted by molar-refractivity contribution is 5.74. The Bertz CT molecular complexity index is 389. The first-order valence-corrected chi connectivity index (χ1v) is 5.58. The number of para-hydroxylation sites is 1. The molecule has 4 nitrogen and oxygen atoms in total. The van der Waals surface area contributed by atoms with Gasteiger partial charge in [-0.1, -0.05) is 24.8 Å². The highest BCUT2D eigenvalue weighted by atomic mass is 16.7. The Hall–Kier alpha value is -1.36. The van der Waals surface area contributed by atoms with Crippen LogP contribution < -0.4 is 4.74 Å². The fraction of sp³-hybridized carbons (Fsp3) is 0.385. The minimum Gasteiger partial charge on any atom is -0.460 e. The molecule has 0 aliphatic carbocycles. The molecule has 0 amide bonds. The van der Waals surface area contributed by atoms with Gasteiger partial charge < -0.3 is 19.3 Å². The number of fused-ring (bicyclic) bond motifs is 1. The lowest BCUT2D eigenvalue weighted by Crippen LogP contribution is -2.19. The summed E-state index contributed by atoms with van der Waals surface area (Å²) in [4.78, 5) is 0. The minimum absolute atomic E-state index is 0.0259. The molecule has 1 unspecified atom stereocenters. The maximum absolute atomic E-state index is 8.53. The molecular weight excluding hydrogens is 220 g/mol. The smallest absolute Gasteiger partial charge is 0.226 e. The van der Waals surface area contributed by atoms with Crippen molar-refractivity contribution in [1.82, 2.24) is 0 Å². The minimum atomic E-state index is -0.426. The zero-order valence-electron chi connectivity index (χ0n) is 9.59. The van der Waals surface area contributed by atoms with Crippen LogP contribution in [0.15, 0.2) is 30.8 Å². The standard InChI is InChI=1S/C13H16O4/c1-10-11-4-2-3-5-12(11)17-13(10)16-9-8-15-7-6-14/h2-5,13-14H,1,6-9H2. The van der Waals surface area contributed by atoms with Crippen molar-refractivity contribution in [3.63, 3.8) is 0 Å². The summed E-state index contributed by atoms with van der Waals surface area (Å²) in [7, 11) is 0. The molecule has 2 rings (SSSR count). The van der Waals surface area contributed by atoms with E-state index in [9.17, 15) is 0 Å². The summed E-state index contributed by atoms with van der Waals surface area (Å²) in [6.45, 7) is 5.17. The summed E-state index contributed by atoms with van der Waals surface area (Å²) >= 11 is 0. The summed E-state index contributed by atoms with van der Waals surface area (Å²) in [5, 5.41) is 8.53. The highest BCUT2D eigenvalue weighted by Crippen LogP contribution is 2.36. The first-order valence-electron chi connectivity index (χ1n) is 5.58. The van der Waals surface area contributed by atoms with Crippen molar-refractivity contribution < 1.29 is 19.3 Å². The number of hydrogen-bond acceptors (Lipinski definition) is 4. The van der Waals surface area contributed by atoms with E-state index >= 15 is 0 Å². The van der Waals surface area contributed by atoms with Crippen LogP contribution in [0.2, 0.25) is 0 Å². The number of benzene rings is 1. The average Bonchev–Trinajstić information content (AvgIpc) is 2.67. The molecule has 92 valence electrons. The van der Waals surface area contributed by atoms with E-state index in [0.29, 0.717) is 19.8 Å². The van der Waals surface area contributed by atoms with Gasteiger partial charge in [-0.25, -0.2) is 0 Å². The third kappa shape index (κ3) is 2.85. The Morgan fingerprint density at radius 1 is 1.24 bits per heavy atom. The van der Waals surface area contributed by atoms with Crippen LogP contribution in [-0.4, -0.2) is 37.8 Å². The van der Waals surface area contributed by atoms with Crippen LogP contribution in [0.25, 0.3) is 5.57 Å². The average molecular weight is 236 g/mol. The van der Waals surface area contributed by atoms with Gasteiger partial charge in [0.1, 0.15) is 5.75 Å². The molecule has 4 heteroatoms. The van der Waals surface area contributed by atoms with Crippen molar-refractivity contribution in [2.75, 3.05) is 26.4 Å². The van der Waals surface area contributed by atoms with Gasteiger partial charge in [-0.3, -0.25) is 0 Å². The van der Waals surface area contributed by atoms with Gasteiger partial charge in [0.05, 0.1) is 26.4 Å². The highest BCUT2D eigenvalue weighted by Gasteiger charge is 2.26. The van der Waals surface area contributed by atoms with Gasteiger partial charge in [-0.2, -0.15) is 0 Å². The van der Waals surface area contributed by atoms with Gasteiger partial charge in [-0.05, 0) is 6.07 Å². The summed E-state index contributed by atoms with van der Waals surface area (Å²) in [5.41, 5.74) is 1.83. The molecule has 0 aromatic heterocycles. The van der Waals surface area contributed by atoms with Crippen molar-refractivity contribution in [2.45, 2.75) is 6.29 Å². The topological polar surface area (TPSA) is 47.9 Å². The van der Waals surface area contributed by atoms with Crippen molar-refractivity contribution in [3.8, 4) is 5.75 Å². The zero-order valence-corrected chi connectivity index (χ0v) is 9.59. The van der Waals surface area contributed by atoms with E-state index in [2.05, 4.69) is 6.58 Å². The van der Waals surface area contributed by atoms with Gasteiger partial charge in [0.2, 0.25) is 6.29 Å². The summed E-state index contributed by atoms with van der Waals surface area (Å²) in [6.07, 6.45) is -0.426. The predicted octanol–water partition coefficient (Wildman–Crippen LogP) is 1.44. The molecule has 0 saturated carbocycles. The Morgan fingerprint density at radius 3 is 2.82 bits per heavy atom. The second kappa shape index (κ2) is 5.82. The lowest BCUT2D eigenvalue weighted by atomic mass is 10.1. The molecule has 0 saturated heterocycles. The molecule has 1 atom stereocenters. The number of rotatable bonds is 6. The molecule has 1 heterocycles. The molecule has 0 radical (unpaired) electrons. The van der Waals surface area contributed by atoms with E-state index in [4.69, 9.17) is 19.3 Å². The Labute approximate surface area is 100 Å². The van der Waals surface area contributed by atoms with Gasteiger partial charge in [0.15, 0.2) is 0 Å². The SMILES string of the molecule is C=C1c2ccccc2OC1OCCOCCO. The van der Waals surface area contributed by atoms with Crippen LogP contribution in [0.3, 0.4) is 0 Å². The van der Waals surface area contributed by atoms with E-state index < -0.39 is 6.29 Å². The van der Waals surface area contributed by atoms with E-state index in [-0.39, 0.29) is 6.61 Å². The van der Waals surface area contributed by atoms with Gasteiger partial charge in [0.25, 0.3) is 0 Å². The van der Waals surface area contributed by atoms with Gasteiger partial charge in [-0.15, -0.1) is 0 Å². The quantitative estimate of drug-likeness (QED) is 0.759. The Morgan fingerprint density at radius 2 is 2.06 bits per heavy atom. The second-order valence-electron chi connectivity index (χ2n) is 3.68. The Kier molecular flexibility index (Phi) is 4.14. The molecule has 1 N–H and O–H groups in total. The molecule has 17 heavy (non-hydrogen) atoms. The van der Waals surface area contributed by atoms with Crippen molar-refractivity contribution in [2.24, 2.45) is 0 Å². The van der Waals surface area contributed by atoms with Crippen molar-refractivity contribution in [3.05, 3.63) is 36.4 Å².